The molecule has 3 N–H and O–H groups in total. The highest BCUT2D eigenvalue weighted by Crippen LogP contribution is 2.18. The monoisotopic (exact) mass is 430 g/mol. The van der Waals surface area contributed by atoms with Gasteiger partial charge in [0.25, 0.3) is 0 Å². The maximum absolute atomic E-state index is 12.0. The van der Waals surface area contributed by atoms with E-state index >= 15 is 0 Å². The number of hydrogen-bond acceptors (Lipinski definition) is 5. The SMILES string of the molecule is CCCCCCCCCCc1ccc(-c2noc(C(=O)NCCCNC(=O)O)n2)cc1. The van der Waals surface area contributed by atoms with E-state index < -0.39 is 12.0 Å². The third-order valence-corrected chi connectivity index (χ3v) is 5.07. The van der Waals surface area contributed by atoms with Crippen LogP contribution in [0.1, 0.15) is 81.0 Å². The van der Waals surface area contributed by atoms with Gasteiger partial charge in [0.05, 0.1) is 0 Å². The van der Waals surface area contributed by atoms with E-state index in [9.17, 15) is 9.59 Å². The fraction of sp³-hybridized carbons (Fsp3) is 0.565. The van der Waals surface area contributed by atoms with Gasteiger partial charge >= 0.3 is 17.9 Å². The molecule has 0 spiro atoms. The molecule has 2 aromatic rings. The molecular weight excluding hydrogens is 396 g/mol. The molecule has 0 atom stereocenters. The molecule has 1 aromatic heterocycles. The Kier molecular flexibility index (Phi) is 11.1. The summed E-state index contributed by atoms with van der Waals surface area (Å²) >= 11 is 0. The van der Waals surface area contributed by atoms with Gasteiger partial charge in [-0.2, -0.15) is 4.98 Å². The Bertz CT molecular complexity index is 789. The van der Waals surface area contributed by atoms with Crippen molar-refractivity contribution >= 4 is 12.0 Å². The Morgan fingerprint density at radius 1 is 0.903 bits per heavy atom. The third kappa shape index (κ3) is 9.63. The summed E-state index contributed by atoms with van der Waals surface area (Å²) in [5.74, 6) is -0.207. The first kappa shape index (κ1) is 24.4. The molecule has 0 aliphatic heterocycles. The van der Waals surface area contributed by atoms with E-state index in [1.165, 1.54) is 56.9 Å². The van der Waals surface area contributed by atoms with E-state index in [0.29, 0.717) is 18.8 Å². The van der Waals surface area contributed by atoms with Crippen molar-refractivity contribution in [3.63, 3.8) is 0 Å². The first-order valence-electron chi connectivity index (χ1n) is 11.3. The molecule has 0 radical (unpaired) electrons. The smallest absolute Gasteiger partial charge is 0.404 e. The highest BCUT2D eigenvalue weighted by Gasteiger charge is 2.15. The summed E-state index contributed by atoms with van der Waals surface area (Å²) in [5.41, 5.74) is 2.08. The molecule has 0 bridgehead atoms. The van der Waals surface area contributed by atoms with Crippen LogP contribution in [0.4, 0.5) is 4.79 Å². The van der Waals surface area contributed by atoms with E-state index in [0.717, 1.165) is 12.0 Å². The van der Waals surface area contributed by atoms with Gasteiger partial charge in [0.2, 0.25) is 5.82 Å². The lowest BCUT2D eigenvalue weighted by atomic mass is 10.0. The van der Waals surface area contributed by atoms with Gasteiger partial charge in [-0.15, -0.1) is 0 Å². The van der Waals surface area contributed by atoms with Crippen LogP contribution in [0, 0.1) is 0 Å². The van der Waals surface area contributed by atoms with E-state index in [1.54, 1.807) is 0 Å². The van der Waals surface area contributed by atoms with E-state index in [2.05, 4.69) is 39.8 Å². The number of benzene rings is 1. The number of carbonyl (C=O) groups is 2. The lowest BCUT2D eigenvalue weighted by molar-refractivity contribution is 0.0909. The molecule has 0 aliphatic rings. The van der Waals surface area contributed by atoms with Gasteiger partial charge in [0.15, 0.2) is 0 Å². The molecule has 1 aromatic carbocycles. The minimum absolute atomic E-state index is 0.107. The highest BCUT2D eigenvalue weighted by molar-refractivity contribution is 5.89. The zero-order chi connectivity index (χ0) is 22.3. The standard InChI is InChI=1S/C23H34N4O4/c1-2-3-4-5-6-7-8-9-11-18-12-14-19(15-13-18)20-26-22(31-27-20)21(28)24-16-10-17-25-23(29)30/h12-15,25H,2-11,16-17H2,1H3,(H,24,28)(H,29,30). The number of nitrogens with zero attached hydrogens (tertiary/aromatic N) is 2. The average Bonchev–Trinajstić information content (AvgIpc) is 3.26. The van der Waals surface area contributed by atoms with Gasteiger partial charge < -0.3 is 20.3 Å². The van der Waals surface area contributed by atoms with Crippen molar-refractivity contribution in [2.24, 2.45) is 0 Å². The maximum atomic E-state index is 12.0. The number of carbonyl (C=O) groups excluding carboxylic acids is 1. The molecule has 0 aliphatic carbocycles. The van der Waals surface area contributed by atoms with Gasteiger partial charge in [-0.3, -0.25) is 4.79 Å². The van der Waals surface area contributed by atoms with E-state index in [1.807, 2.05) is 12.1 Å². The summed E-state index contributed by atoms with van der Waals surface area (Å²) in [4.78, 5) is 26.6. The third-order valence-electron chi connectivity index (χ3n) is 5.07. The molecule has 0 saturated heterocycles. The first-order chi connectivity index (χ1) is 15.1. The number of rotatable bonds is 15. The second kappa shape index (κ2) is 14.2. The summed E-state index contributed by atoms with van der Waals surface area (Å²) in [6.07, 6.45) is 10.9. The Morgan fingerprint density at radius 3 is 2.23 bits per heavy atom. The molecule has 8 nitrogen and oxygen atoms in total. The first-order valence-corrected chi connectivity index (χ1v) is 11.3. The lowest BCUT2D eigenvalue weighted by Crippen LogP contribution is -2.29. The summed E-state index contributed by atoms with van der Waals surface area (Å²) in [5, 5.41) is 17.2. The largest absolute Gasteiger partial charge is 0.465 e. The van der Waals surface area contributed by atoms with Crippen molar-refractivity contribution in [2.75, 3.05) is 13.1 Å². The Labute approximate surface area is 183 Å². The fourth-order valence-corrected chi connectivity index (χ4v) is 3.28. The molecular formula is C23H34N4O4. The molecule has 0 fully saturated rings. The van der Waals surface area contributed by atoms with Crippen LogP contribution >= 0.6 is 0 Å². The minimum Gasteiger partial charge on any atom is -0.465 e. The van der Waals surface area contributed by atoms with Crippen LogP contribution in [0.5, 0.6) is 0 Å². The van der Waals surface area contributed by atoms with Gasteiger partial charge in [-0.1, -0.05) is 81.3 Å². The van der Waals surface area contributed by atoms with Gasteiger partial charge in [-0.05, 0) is 24.8 Å². The Hall–Kier alpha value is -2.90. The highest BCUT2D eigenvalue weighted by atomic mass is 16.5. The number of nitrogens with one attached hydrogen (secondary N) is 2. The molecule has 2 rings (SSSR count). The van der Waals surface area contributed by atoms with Crippen LogP contribution in [0.25, 0.3) is 11.4 Å². The van der Waals surface area contributed by atoms with E-state index in [-0.39, 0.29) is 12.4 Å². The predicted molar refractivity (Wildman–Crippen MR) is 119 cm³/mol. The topological polar surface area (TPSA) is 117 Å². The lowest BCUT2D eigenvalue weighted by Gasteiger charge is -2.03. The van der Waals surface area contributed by atoms with Crippen LogP contribution in [-0.4, -0.2) is 40.3 Å². The number of aryl methyl sites for hydroxylation is 1. The van der Waals surface area contributed by atoms with Crippen molar-refractivity contribution in [1.29, 1.82) is 0 Å². The summed E-state index contributed by atoms with van der Waals surface area (Å²) in [7, 11) is 0. The van der Waals surface area contributed by atoms with Gasteiger partial charge in [-0.25, -0.2) is 4.79 Å². The van der Waals surface area contributed by atoms with Gasteiger partial charge in [0.1, 0.15) is 0 Å². The maximum Gasteiger partial charge on any atom is 0.404 e. The normalized spacial score (nSPS) is 10.7. The molecule has 0 saturated carbocycles. The number of hydrogen-bond donors (Lipinski definition) is 3. The van der Waals surface area contributed by atoms with Crippen LogP contribution in [-0.2, 0) is 6.42 Å². The van der Waals surface area contributed by atoms with Crippen LogP contribution in [0.3, 0.4) is 0 Å². The molecule has 0 unspecified atom stereocenters. The zero-order valence-corrected chi connectivity index (χ0v) is 18.4. The minimum atomic E-state index is -1.09. The summed E-state index contributed by atoms with van der Waals surface area (Å²) < 4.78 is 5.05. The van der Waals surface area contributed by atoms with Crippen molar-refractivity contribution in [2.45, 2.75) is 71.1 Å². The predicted octanol–water partition coefficient (Wildman–Crippen LogP) is 4.81. The molecule has 170 valence electrons. The number of carboxylic acid groups (broad SMARTS) is 1. The number of amides is 2. The van der Waals surface area contributed by atoms with Crippen LogP contribution < -0.4 is 10.6 Å². The molecule has 8 heteroatoms. The molecule has 31 heavy (non-hydrogen) atoms. The van der Waals surface area contributed by atoms with Crippen LogP contribution in [0.15, 0.2) is 28.8 Å². The summed E-state index contributed by atoms with van der Waals surface area (Å²) in [6, 6.07) is 8.04. The Balaban J connectivity index is 1.70. The fourth-order valence-electron chi connectivity index (χ4n) is 3.28. The van der Waals surface area contributed by atoms with Gasteiger partial charge in [0, 0.05) is 18.7 Å². The van der Waals surface area contributed by atoms with Crippen molar-refractivity contribution in [1.82, 2.24) is 20.8 Å². The number of unbranched alkanes of at least 4 members (excludes halogenated alkanes) is 7. The van der Waals surface area contributed by atoms with E-state index in [4.69, 9.17) is 9.63 Å². The Morgan fingerprint density at radius 2 is 1.55 bits per heavy atom. The van der Waals surface area contributed by atoms with Crippen molar-refractivity contribution in [3.05, 3.63) is 35.7 Å². The molecule has 1 heterocycles. The quantitative estimate of drug-likeness (QED) is 0.349. The zero-order valence-electron chi connectivity index (χ0n) is 18.4. The number of aromatic nitrogens is 2. The molecule has 2 amide bonds. The van der Waals surface area contributed by atoms with Crippen molar-refractivity contribution in [3.8, 4) is 11.4 Å². The second-order valence-corrected chi connectivity index (χ2v) is 7.69. The second-order valence-electron chi connectivity index (χ2n) is 7.69. The summed E-state index contributed by atoms with van der Waals surface area (Å²) in [6.45, 7) is 2.81. The van der Waals surface area contributed by atoms with Crippen molar-refractivity contribution < 1.29 is 19.2 Å². The average molecular weight is 431 g/mol. The van der Waals surface area contributed by atoms with Crippen LogP contribution in [0.2, 0.25) is 0 Å².